The molecule has 0 radical (unpaired) electrons. The van der Waals surface area contributed by atoms with Crippen molar-refractivity contribution in [3.05, 3.63) is 84.1 Å². The molecule has 3 aromatic carbocycles. The Balaban J connectivity index is 1.01. The van der Waals surface area contributed by atoms with Gasteiger partial charge in [0.2, 0.25) is 23.6 Å². The zero-order valence-corrected chi connectivity index (χ0v) is 38.8. The highest BCUT2D eigenvalue weighted by Crippen LogP contribution is 2.31. The molecule has 0 bridgehead atoms. The minimum Gasteiger partial charge on any atom is -0.370 e. The predicted octanol–water partition coefficient (Wildman–Crippen LogP) is -1.11. The number of rotatable bonds is 25. The van der Waals surface area contributed by atoms with E-state index in [-0.39, 0.29) is 51.0 Å². The molecular formula is C48H64N13O8+. The van der Waals surface area contributed by atoms with Gasteiger partial charge >= 0.3 is 11.9 Å². The Labute approximate surface area is 399 Å². The maximum Gasteiger partial charge on any atom is 0.331 e. The number of nitrogens with two attached hydrogens (primary N) is 2. The first kappa shape index (κ1) is 51.2. The smallest absolute Gasteiger partial charge is 0.331 e. The van der Waals surface area contributed by atoms with Gasteiger partial charge in [-0.1, -0.05) is 60.7 Å². The monoisotopic (exact) mass is 950 g/mol. The van der Waals surface area contributed by atoms with Gasteiger partial charge in [-0.05, 0) is 99.5 Å². The number of piperidine rings is 1. The number of nitrogens with one attached hydrogen (secondary N) is 8. The van der Waals surface area contributed by atoms with E-state index in [1.807, 2.05) is 66.7 Å². The number of fused-ring (bicyclic) bond motifs is 2. The van der Waals surface area contributed by atoms with Crippen LogP contribution in [0.5, 0.6) is 0 Å². The van der Waals surface area contributed by atoms with Crippen LogP contribution in [-0.4, -0.2) is 133 Å². The number of imide groups is 1. The van der Waals surface area contributed by atoms with Crippen LogP contribution in [0.3, 0.4) is 0 Å². The largest absolute Gasteiger partial charge is 0.370 e. The summed E-state index contributed by atoms with van der Waals surface area (Å²) in [4.78, 5) is 115. The number of carbonyl (C=O) groups is 8. The fourth-order valence-corrected chi connectivity index (χ4v) is 8.98. The summed E-state index contributed by atoms with van der Waals surface area (Å²) in [6, 6.07) is 15.4. The fraction of sp³-hybridized carbons (Fsp3) is 0.438. The van der Waals surface area contributed by atoms with Crippen LogP contribution in [0, 0.1) is 0 Å². The van der Waals surface area contributed by atoms with E-state index in [2.05, 4.69) is 52.9 Å². The summed E-state index contributed by atoms with van der Waals surface area (Å²) < 4.78 is 0. The number of hydrogen-bond donors (Lipinski definition) is 11. The number of guanidine groups is 1. The van der Waals surface area contributed by atoms with Gasteiger partial charge in [0.1, 0.15) is 30.0 Å². The number of aromatic nitrogens is 1. The molecule has 1 aromatic heterocycles. The minimum absolute atomic E-state index is 0.0530. The maximum atomic E-state index is 14.1. The molecule has 0 saturated carbocycles. The lowest BCUT2D eigenvalue weighted by Crippen LogP contribution is -2.67. The van der Waals surface area contributed by atoms with Crippen molar-refractivity contribution in [2.75, 3.05) is 33.2 Å². The summed E-state index contributed by atoms with van der Waals surface area (Å²) in [5.74, 6) is -3.47. The third-order valence-corrected chi connectivity index (χ3v) is 12.7. The van der Waals surface area contributed by atoms with Crippen LogP contribution >= 0.6 is 0 Å². The third kappa shape index (κ3) is 13.3. The lowest BCUT2D eigenvalue weighted by atomic mass is 9.84. The Morgan fingerprint density at radius 2 is 1.57 bits per heavy atom. The highest BCUT2D eigenvalue weighted by molar-refractivity contribution is 6.10. The van der Waals surface area contributed by atoms with E-state index in [0.29, 0.717) is 51.6 Å². The number of unbranched alkanes of at least 4 members (excludes halogenated alkanes) is 1. The van der Waals surface area contributed by atoms with E-state index in [0.717, 1.165) is 37.7 Å². The highest BCUT2D eigenvalue weighted by atomic mass is 16.2. The molecule has 0 spiro atoms. The van der Waals surface area contributed by atoms with Gasteiger partial charge in [-0.25, -0.2) is 14.5 Å². The van der Waals surface area contributed by atoms with Crippen molar-refractivity contribution in [2.45, 2.75) is 100.0 Å². The Hall–Kier alpha value is -7.23. The van der Waals surface area contributed by atoms with Crippen molar-refractivity contribution < 1.29 is 44.1 Å². The second kappa shape index (κ2) is 24.2. The molecule has 21 nitrogen and oxygen atoms in total. The quantitative estimate of drug-likeness (QED) is 0.0124. The number of aliphatic imine (C=N–C) groups is 1. The van der Waals surface area contributed by atoms with Crippen molar-refractivity contribution in [1.29, 1.82) is 0 Å². The number of H-pyrrole nitrogens is 1. The van der Waals surface area contributed by atoms with Gasteiger partial charge in [0.25, 0.3) is 5.91 Å². The first-order chi connectivity index (χ1) is 33.2. The molecule has 6 rings (SSSR count). The molecule has 21 heteroatoms. The molecule has 3 heterocycles. The number of quaternary nitrogens is 1. The zero-order chi connectivity index (χ0) is 49.5. The van der Waals surface area contributed by atoms with Gasteiger partial charge < -0.3 is 58.5 Å². The van der Waals surface area contributed by atoms with Gasteiger partial charge in [-0.3, -0.25) is 34.7 Å². The van der Waals surface area contributed by atoms with Crippen molar-refractivity contribution in [3.63, 3.8) is 0 Å². The van der Waals surface area contributed by atoms with E-state index < -0.39 is 77.2 Å². The Morgan fingerprint density at radius 1 is 0.870 bits per heavy atom. The van der Waals surface area contributed by atoms with E-state index in [9.17, 15) is 38.4 Å². The average molecular weight is 951 g/mol. The lowest BCUT2D eigenvalue weighted by Gasteiger charge is -2.41. The number of amides is 8. The molecule has 2 saturated heterocycles. The number of nitrogens with zero attached hydrogens (tertiary/aromatic N) is 2. The number of carbonyl (C=O) groups excluding carboxylic acids is 8. The van der Waals surface area contributed by atoms with Gasteiger partial charge in [-0.15, -0.1) is 0 Å². The molecule has 4 aromatic rings. The van der Waals surface area contributed by atoms with Crippen molar-refractivity contribution >= 4 is 75.4 Å². The predicted molar refractivity (Wildman–Crippen MR) is 258 cm³/mol. The molecule has 5 unspecified atom stereocenters. The number of benzene rings is 3. The first-order valence-corrected chi connectivity index (χ1v) is 23.3. The summed E-state index contributed by atoms with van der Waals surface area (Å²) in [5.41, 5.74) is 15.3. The molecule has 368 valence electrons. The zero-order valence-electron chi connectivity index (χ0n) is 38.8. The lowest BCUT2D eigenvalue weighted by molar-refractivity contribution is -0.308. The molecule has 2 fully saturated rings. The van der Waals surface area contributed by atoms with Crippen LogP contribution in [0.25, 0.3) is 21.7 Å². The van der Waals surface area contributed by atoms with E-state index >= 15 is 0 Å². The molecule has 2 aliphatic rings. The molecular weight excluding hydrogens is 887 g/mol. The molecule has 5 atom stereocenters. The van der Waals surface area contributed by atoms with E-state index in [1.54, 1.807) is 13.2 Å². The van der Waals surface area contributed by atoms with Crippen LogP contribution < -0.4 is 54.4 Å². The third-order valence-electron chi connectivity index (χ3n) is 12.7. The summed E-state index contributed by atoms with van der Waals surface area (Å²) in [6.45, 7) is 1.14. The summed E-state index contributed by atoms with van der Waals surface area (Å²) in [7, 11) is 1.63. The summed E-state index contributed by atoms with van der Waals surface area (Å²) >= 11 is 0. The topological polar surface area (TPSA) is 332 Å². The Morgan fingerprint density at radius 3 is 2.29 bits per heavy atom. The molecule has 8 amide bonds. The van der Waals surface area contributed by atoms with Gasteiger partial charge in [0.15, 0.2) is 5.96 Å². The van der Waals surface area contributed by atoms with Gasteiger partial charge in [0, 0.05) is 36.6 Å². The number of likely N-dealkylation sites (N-methyl/N-ethyl adjacent to an activating group) is 1. The number of aromatic amines is 1. The fourth-order valence-electron chi connectivity index (χ4n) is 8.98. The van der Waals surface area contributed by atoms with Gasteiger partial charge in [-0.2, -0.15) is 0 Å². The van der Waals surface area contributed by atoms with Crippen LogP contribution in [0.1, 0.15) is 62.5 Å². The maximum absolute atomic E-state index is 14.1. The molecule has 15 N–H and O–H groups in total. The Bertz CT molecular complexity index is 2540. The van der Waals surface area contributed by atoms with Gasteiger partial charge in [0.05, 0.1) is 18.5 Å². The summed E-state index contributed by atoms with van der Waals surface area (Å²) in [6.07, 6.45) is 4.39. The van der Waals surface area contributed by atoms with Crippen LogP contribution in [0.15, 0.2) is 77.9 Å². The number of aldehydes is 1. The van der Waals surface area contributed by atoms with Crippen molar-refractivity contribution in [2.24, 2.45) is 16.5 Å². The standard InChI is InChI=1S/C48H63N13O8/c1-52-37(14-8-20-55-46(50)51)42(65)59-38(25-32-27-56-35-12-5-4-11-34(32)35)43(66)58-36(41(49)64)13-6-7-19-54-40(63)26-39-44(67)61(47(69)60-39)48(17-21-53-22-18-48)45(68)57-33(28-62)24-29-15-16-30-9-2-3-10-31(30)23-29/h2-5,9-12,15-16,23,27-28,33,36-39,52-53,56H,6-8,13-14,17-22,24-26H2,1H3,(H2,49,64)(H,54,63)(H,57,68)(H,58,66)(H,59,65)(H,60,69)(H4,50,51,55)/p+1. The van der Waals surface area contributed by atoms with Crippen LogP contribution in [-0.2, 0) is 46.4 Å². The minimum atomic E-state index is -1.59. The van der Waals surface area contributed by atoms with E-state index in [1.165, 1.54) is 0 Å². The van der Waals surface area contributed by atoms with Crippen LogP contribution in [0.2, 0.25) is 0 Å². The van der Waals surface area contributed by atoms with Crippen molar-refractivity contribution in [1.82, 2.24) is 47.1 Å². The number of urea groups is 1. The number of para-hydroxylation sites is 1. The average Bonchev–Trinajstić information content (AvgIpc) is 3.88. The molecule has 2 aliphatic heterocycles. The normalized spacial score (nSPS) is 17.2. The molecule has 0 aliphatic carbocycles. The second-order valence-electron chi connectivity index (χ2n) is 17.6. The Kier molecular flexibility index (Phi) is 17.9. The van der Waals surface area contributed by atoms with E-state index in [4.69, 9.17) is 11.5 Å². The first-order valence-electron chi connectivity index (χ1n) is 23.3. The SMILES string of the molecule is CNC(CCCN=C(N)N)C(=O)NC(Cc1c[nH]c2ccccc12)C(=O)NC(CCCCNC(=O)CC1NC(=O)N(C2(C(=O)NC(C=O)Cc3ccc4ccccc4c3)CCNCC2)C1=O)C([NH3+])=O. The second-order valence-corrected chi connectivity index (χ2v) is 17.6. The summed E-state index contributed by atoms with van der Waals surface area (Å²) in [5, 5.41) is 22.8. The molecule has 69 heavy (non-hydrogen) atoms. The van der Waals surface area contributed by atoms with Crippen molar-refractivity contribution in [3.8, 4) is 0 Å². The highest BCUT2D eigenvalue weighted by Gasteiger charge is 2.55. The number of hydrogen-bond acceptors (Lipinski definition) is 11. The van der Waals surface area contributed by atoms with Crippen LogP contribution in [0.4, 0.5) is 4.79 Å².